The molecule has 0 spiro atoms. The SMILES string of the molecule is CCCC1C=C(C(C)(C)C)C=[C]1[Zr](=[C](c1ccc(C(F)(F)F)cc1)c1ccc(C(F)(F)F)cc1)[c]1c(C)ccc2c1Cc1cc(C)ccc1-2.Cl.Cl. The molecule has 0 saturated carbocycles. The Morgan fingerprint density at radius 2 is 1.25 bits per heavy atom. The van der Waals surface area contributed by atoms with Gasteiger partial charge >= 0.3 is 294 Å². The van der Waals surface area contributed by atoms with E-state index in [1.807, 2.05) is 0 Å². The molecule has 0 bridgehead atoms. The molecule has 270 valence electrons. The second kappa shape index (κ2) is 15.3. The van der Waals surface area contributed by atoms with Crippen molar-refractivity contribution in [2.45, 2.75) is 73.2 Å². The Bertz CT molecular complexity index is 1950. The first kappa shape index (κ1) is 41.0. The first-order chi connectivity index (χ1) is 23.0. The summed E-state index contributed by atoms with van der Waals surface area (Å²) in [5.41, 5.74) is 7.98. The number of halogens is 8. The largest absolute Gasteiger partial charge is 0.147 e. The molecule has 1 atom stereocenters. The van der Waals surface area contributed by atoms with Crippen LogP contribution in [-0.2, 0) is 40.0 Å². The number of fused-ring (bicyclic) bond motifs is 3. The summed E-state index contributed by atoms with van der Waals surface area (Å²) >= 11 is -3.49. The zero-order valence-electron chi connectivity index (χ0n) is 29.4. The van der Waals surface area contributed by atoms with E-state index in [9.17, 15) is 26.3 Å². The Labute approximate surface area is 317 Å². The minimum atomic E-state index is -4.51. The van der Waals surface area contributed by atoms with Crippen molar-refractivity contribution in [3.8, 4) is 11.1 Å². The van der Waals surface area contributed by atoms with Crippen molar-refractivity contribution in [3.63, 3.8) is 0 Å². The summed E-state index contributed by atoms with van der Waals surface area (Å²) in [6.07, 6.45) is -1.72. The predicted molar refractivity (Wildman–Crippen MR) is 198 cm³/mol. The van der Waals surface area contributed by atoms with E-state index >= 15 is 0 Å². The van der Waals surface area contributed by atoms with Crippen LogP contribution in [0.25, 0.3) is 11.1 Å². The maximum Gasteiger partial charge on any atom is -0.147 e. The molecule has 0 aliphatic heterocycles. The number of rotatable bonds is 6. The van der Waals surface area contributed by atoms with Gasteiger partial charge in [0.1, 0.15) is 0 Å². The Morgan fingerprint density at radius 1 is 0.725 bits per heavy atom. The van der Waals surface area contributed by atoms with E-state index in [0.717, 1.165) is 52.3 Å². The van der Waals surface area contributed by atoms with Gasteiger partial charge in [0, 0.05) is 0 Å². The van der Waals surface area contributed by atoms with Crippen LogP contribution in [0.4, 0.5) is 26.3 Å². The first-order valence-corrected chi connectivity index (χ1v) is 20.4. The van der Waals surface area contributed by atoms with E-state index in [2.05, 4.69) is 84.0 Å². The fourth-order valence-electron chi connectivity index (χ4n) is 7.29. The third kappa shape index (κ3) is 8.27. The van der Waals surface area contributed by atoms with Crippen molar-refractivity contribution < 1.29 is 47.6 Å². The second-order valence-corrected chi connectivity index (χ2v) is 20.1. The van der Waals surface area contributed by atoms with Gasteiger partial charge in [0.2, 0.25) is 0 Å². The molecule has 0 radical (unpaired) electrons. The molecule has 4 aromatic carbocycles. The molecule has 2 aliphatic rings. The molecule has 0 nitrogen and oxygen atoms in total. The van der Waals surface area contributed by atoms with Gasteiger partial charge < -0.3 is 0 Å². The molecular formula is C42H42Cl2F6Zr. The summed E-state index contributed by atoms with van der Waals surface area (Å²) < 4.78 is 86.3. The van der Waals surface area contributed by atoms with E-state index in [0.29, 0.717) is 11.1 Å². The molecule has 0 fully saturated rings. The number of hydrogen-bond acceptors (Lipinski definition) is 0. The van der Waals surface area contributed by atoms with Gasteiger partial charge in [0.25, 0.3) is 0 Å². The maximum atomic E-state index is 13.8. The molecule has 0 saturated heterocycles. The summed E-state index contributed by atoms with van der Waals surface area (Å²) in [5, 5.41) is 0. The van der Waals surface area contributed by atoms with E-state index < -0.39 is 44.7 Å². The first-order valence-electron chi connectivity index (χ1n) is 16.7. The molecule has 9 heteroatoms. The van der Waals surface area contributed by atoms with Crippen LogP contribution in [0.5, 0.6) is 0 Å². The Balaban J connectivity index is 0.00000292. The topological polar surface area (TPSA) is 0 Å². The fraction of sp³-hybridized carbons (Fsp3) is 0.310. The predicted octanol–water partition coefficient (Wildman–Crippen LogP) is 12.6. The Hall–Kier alpha value is -2.73. The van der Waals surface area contributed by atoms with Crippen molar-refractivity contribution in [2.75, 3.05) is 0 Å². The van der Waals surface area contributed by atoms with Gasteiger partial charge in [-0.3, -0.25) is 0 Å². The minimum Gasteiger partial charge on any atom is -0.147 e. The van der Waals surface area contributed by atoms with Crippen LogP contribution < -0.4 is 3.27 Å². The smallest absolute Gasteiger partial charge is 0.147 e. The van der Waals surface area contributed by atoms with Gasteiger partial charge in [-0.25, -0.2) is 0 Å². The molecule has 0 amide bonds. The number of alkyl halides is 6. The monoisotopic (exact) mass is 820 g/mol. The minimum absolute atomic E-state index is 0. The Morgan fingerprint density at radius 3 is 1.75 bits per heavy atom. The second-order valence-electron chi connectivity index (χ2n) is 14.4. The molecular weight excluding hydrogens is 781 g/mol. The van der Waals surface area contributed by atoms with Crippen LogP contribution >= 0.6 is 24.8 Å². The quantitative estimate of drug-likeness (QED) is 0.150. The maximum absolute atomic E-state index is 13.8. The summed E-state index contributed by atoms with van der Waals surface area (Å²) in [7, 11) is 0. The van der Waals surface area contributed by atoms with Crippen LogP contribution in [0.2, 0.25) is 0 Å². The van der Waals surface area contributed by atoms with Gasteiger partial charge in [-0.1, -0.05) is 0 Å². The number of hydrogen-bond donors (Lipinski definition) is 0. The van der Waals surface area contributed by atoms with Crippen LogP contribution in [0.1, 0.15) is 85.0 Å². The van der Waals surface area contributed by atoms with Crippen molar-refractivity contribution in [1.82, 2.24) is 0 Å². The van der Waals surface area contributed by atoms with E-state index in [1.54, 1.807) is 0 Å². The van der Waals surface area contributed by atoms with E-state index in [-0.39, 0.29) is 36.1 Å². The van der Waals surface area contributed by atoms with Crippen molar-refractivity contribution in [1.29, 1.82) is 0 Å². The van der Waals surface area contributed by atoms with Gasteiger partial charge in [0.15, 0.2) is 0 Å². The van der Waals surface area contributed by atoms with Crippen molar-refractivity contribution >= 4 is 31.3 Å². The normalized spacial score (nSPS) is 15.3. The third-order valence-electron chi connectivity index (χ3n) is 9.79. The van der Waals surface area contributed by atoms with Crippen LogP contribution in [-0.4, -0.2) is 3.21 Å². The Kier molecular flexibility index (Phi) is 12.3. The molecule has 0 N–H and O–H groups in total. The van der Waals surface area contributed by atoms with Gasteiger partial charge in [0.05, 0.1) is 0 Å². The third-order valence-corrected chi connectivity index (χ3v) is 18.1. The van der Waals surface area contributed by atoms with Gasteiger partial charge in [-0.15, -0.1) is 24.8 Å². The van der Waals surface area contributed by atoms with Gasteiger partial charge in [-0.05, 0) is 0 Å². The van der Waals surface area contributed by atoms with Crippen LogP contribution in [0.3, 0.4) is 0 Å². The zero-order chi connectivity index (χ0) is 35.5. The van der Waals surface area contributed by atoms with Crippen LogP contribution in [0.15, 0.2) is 99.9 Å². The summed E-state index contributed by atoms with van der Waals surface area (Å²) in [5.74, 6) is 0.133. The standard InChI is InChI=1S/C15H8F6.C15H13.C12H19.2ClH.Zr/c16-14(17,18)12-5-1-10(2-6-12)9-11-3-7-13(8-4-11)15(19,20)21;1-10-3-5-14-12(7-10)9-13-8-11(2)4-6-15(13)14;1-5-6-10-7-8-11(9-10)12(2,3)4;;;/h1-8H;3-7H,9H2,1-2H3;8-10H,5-6H2,1-4H3;2*1H;. The number of aryl methyl sites for hydroxylation is 2. The molecule has 0 heterocycles. The molecule has 1 unspecified atom stereocenters. The fourth-order valence-corrected chi connectivity index (χ4v) is 16.2. The van der Waals surface area contributed by atoms with Gasteiger partial charge in [-0.2, -0.15) is 0 Å². The average Bonchev–Trinajstić information content (AvgIpc) is 3.61. The summed E-state index contributed by atoms with van der Waals surface area (Å²) in [6, 6.07) is 21.4. The number of benzene rings is 4. The van der Waals surface area contributed by atoms with Crippen molar-refractivity contribution in [3.05, 3.63) is 144 Å². The molecule has 6 rings (SSSR count). The van der Waals surface area contributed by atoms with E-state index in [1.165, 1.54) is 64.2 Å². The van der Waals surface area contributed by atoms with E-state index in [4.69, 9.17) is 0 Å². The summed E-state index contributed by atoms with van der Waals surface area (Å²) in [6.45, 7) is 12.9. The van der Waals surface area contributed by atoms with Crippen molar-refractivity contribution in [2.24, 2.45) is 11.3 Å². The molecule has 51 heavy (non-hydrogen) atoms. The summed E-state index contributed by atoms with van der Waals surface area (Å²) in [4.78, 5) is 0. The zero-order valence-corrected chi connectivity index (χ0v) is 33.5. The number of allylic oxidation sites excluding steroid dienone is 4. The molecule has 0 aromatic heterocycles. The molecule has 2 aliphatic carbocycles. The average molecular weight is 823 g/mol. The van der Waals surface area contributed by atoms with Crippen LogP contribution in [0, 0.1) is 25.2 Å². The molecule has 4 aromatic rings.